The van der Waals surface area contributed by atoms with Crippen LogP contribution in [0.15, 0.2) is 59.0 Å². The summed E-state index contributed by atoms with van der Waals surface area (Å²) in [4.78, 5) is 8.61. The zero-order valence-electron chi connectivity index (χ0n) is 15.3. The maximum atomic E-state index is 9.59. The van der Waals surface area contributed by atoms with Crippen molar-refractivity contribution in [3.05, 3.63) is 65.0 Å². The Labute approximate surface area is 162 Å². The van der Waals surface area contributed by atoms with Gasteiger partial charge in [-0.2, -0.15) is 10.5 Å². The Balaban J connectivity index is 2.45. The quantitative estimate of drug-likeness (QED) is 0.532. The highest BCUT2D eigenvalue weighted by atomic mass is 14.9. The molecule has 0 bridgehead atoms. The summed E-state index contributed by atoms with van der Waals surface area (Å²) >= 11 is 0. The molecular formula is C24H16N4. The molecule has 1 aliphatic heterocycles. The number of rotatable bonds is 3. The molecule has 0 spiro atoms. The van der Waals surface area contributed by atoms with Crippen molar-refractivity contribution in [2.45, 2.75) is 6.04 Å². The minimum absolute atomic E-state index is 0.00364. The van der Waals surface area contributed by atoms with E-state index in [4.69, 9.17) is 0 Å². The van der Waals surface area contributed by atoms with Crippen LogP contribution in [0.4, 0.5) is 0 Å². The van der Waals surface area contributed by atoms with Crippen molar-refractivity contribution in [3.63, 3.8) is 0 Å². The van der Waals surface area contributed by atoms with Crippen molar-refractivity contribution in [1.82, 2.24) is 0 Å². The van der Waals surface area contributed by atoms with Gasteiger partial charge >= 0.3 is 0 Å². The van der Waals surface area contributed by atoms with Crippen molar-refractivity contribution in [2.75, 3.05) is 7.05 Å². The lowest BCUT2D eigenvalue weighted by Crippen LogP contribution is -2.21. The van der Waals surface area contributed by atoms with Crippen LogP contribution in [0.25, 0.3) is 38.8 Å². The first-order chi connectivity index (χ1) is 13.7. The molecule has 3 aromatic carbocycles. The molecule has 0 saturated carbocycles. The summed E-state index contributed by atoms with van der Waals surface area (Å²) in [5.74, 6) is 0. The van der Waals surface area contributed by atoms with E-state index in [0.717, 1.165) is 37.9 Å². The molecule has 1 unspecified atom stereocenters. The van der Waals surface area contributed by atoms with Crippen molar-refractivity contribution >= 4 is 51.2 Å². The van der Waals surface area contributed by atoms with Gasteiger partial charge in [0.2, 0.25) is 0 Å². The summed E-state index contributed by atoms with van der Waals surface area (Å²) in [6, 6.07) is 18.0. The van der Waals surface area contributed by atoms with Gasteiger partial charge in [0.1, 0.15) is 23.8 Å². The summed E-state index contributed by atoms with van der Waals surface area (Å²) in [7, 11) is 1.74. The summed E-state index contributed by atoms with van der Waals surface area (Å²) in [6.45, 7) is 3.88. The van der Waals surface area contributed by atoms with Crippen LogP contribution in [0, 0.1) is 22.7 Å². The molecule has 1 atom stereocenters. The molecule has 1 heterocycles. The molecule has 0 amide bonds. The van der Waals surface area contributed by atoms with Crippen LogP contribution in [0.3, 0.4) is 0 Å². The Hall–Kier alpha value is -4.02. The second kappa shape index (κ2) is 6.95. The van der Waals surface area contributed by atoms with E-state index in [0.29, 0.717) is 5.22 Å². The highest BCUT2D eigenvalue weighted by Gasteiger charge is 2.21. The van der Waals surface area contributed by atoms with Gasteiger partial charge in [-0.15, -0.1) is 0 Å². The van der Waals surface area contributed by atoms with Crippen LogP contribution < -0.4 is 10.4 Å². The summed E-state index contributed by atoms with van der Waals surface area (Å²) < 4.78 is 0. The van der Waals surface area contributed by atoms with Crippen LogP contribution in [-0.4, -0.2) is 25.5 Å². The third-order valence-electron chi connectivity index (χ3n) is 4.93. The Morgan fingerprint density at radius 1 is 1.04 bits per heavy atom. The van der Waals surface area contributed by atoms with Gasteiger partial charge < -0.3 is 0 Å². The van der Waals surface area contributed by atoms with Gasteiger partial charge in [0, 0.05) is 30.3 Å². The van der Waals surface area contributed by atoms with Crippen molar-refractivity contribution in [2.24, 2.45) is 9.98 Å². The number of benzene rings is 3. The van der Waals surface area contributed by atoms with Gasteiger partial charge in [0.05, 0.1) is 0 Å². The van der Waals surface area contributed by atoms with Gasteiger partial charge in [-0.3, -0.25) is 9.98 Å². The number of nitriles is 2. The molecule has 132 valence electrons. The average Bonchev–Trinajstić information content (AvgIpc) is 3.57. The predicted molar refractivity (Wildman–Crippen MR) is 116 cm³/mol. The Bertz CT molecular complexity index is 1390. The first kappa shape index (κ1) is 17.4. The average molecular weight is 360 g/mol. The molecule has 4 nitrogen and oxygen atoms in total. The van der Waals surface area contributed by atoms with Crippen molar-refractivity contribution in [1.29, 1.82) is 10.5 Å². The zero-order chi connectivity index (χ0) is 19.7. The molecule has 1 aliphatic rings. The van der Waals surface area contributed by atoms with Gasteiger partial charge in [0.25, 0.3) is 0 Å². The third kappa shape index (κ3) is 2.69. The molecule has 4 rings (SSSR count). The number of aliphatic imine (C=N–C) groups is 2. The lowest BCUT2D eigenvalue weighted by molar-refractivity contribution is 1.32. The van der Waals surface area contributed by atoms with Crippen LogP contribution in [0.2, 0.25) is 0 Å². The van der Waals surface area contributed by atoms with Crippen LogP contribution in [-0.2, 0) is 0 Å². The fourth-order valence-electron chi connectivity index (χ4n) is 3.67. The lowest BCUT2D eigenvalue weighted by Gasteiger charge is -2.11. The smallest absolute Gasteiger partial charge is 0.138 e. The van der Waals surface area contributed by atoms with Gasteiger partial charge in [-0.25, -0.2) is 0 Å². The van der Waals surface area contributed by atoms with E-state index in [9.17, 15) is 10.5 Å². The number of nitrogens with zero attached hydrogens (tertiary/aromatic N) is 4. The molecular weight excluding hydrogens is 344 g/mol. The SMILES string of the molecule is C=Cc1ccc2c(=C(C#N)C#N)c3ccccc3/c(=C(/C=N/C)C3C=N3)c2c1. The molecule has 0 aliphatic carbocycles. The van der Waals surface area contributed by atoms with E-state index in [-0.39, 0.29) is 11.6 Å². The number of hydrogen-bond acceptors (Lipinski definition) is 4. The second-order valence-corrected chi connectivity index (χ2v) is 6.49. The third-order valence-corrected chi connectivity index (χ3v) is 4.93. The highest BCUT2D eigenvalue weighted by Crippen LogP contribution is 2.21. The van der Waals surface area contributed by atoms with E-state index >= 15 is 0 Å². The normalized spacial score (nSPS) is 16.0. The Morgan fingerprint density at radius 3 is 2.25 bits per heavy atom. The van der Waals surface area contributed by atoms with Crippen LogP contribution >= 0.6 is 0 Å². The summed E-state index contributed by atoms with van der Waals surface area (Å²) in [6.07, 6.45) is 5.53. The molecule has 0 fully saturated rings. The van der Waals surface area contributed by atoms with Crippen molar-refractivity contribution in [3.8, 4) is 12.1 Å². The van der Waals surface area contributed by atoms with E-state index < -0.39 is 0 Å². The molecule has 0 N–H and O–H groups in total. The Morgan fingerprint density at radius 2 is 1.68 bits per heavy atom. The standard InChI is InChI=1S/C24H16N4/c1-3-15-8-9-19-20(10-15)24(21(13-27-2)22-14-28-22)18-7-5-4-6-17(18)23(19)16(11-25)12-26/h3-10,13-14,22H,1H2,2H3/b24-21+,27-13+. The molecule has 4 heteroatoms. The van der Waals surface area contributed by atoms with E-state index in [1.165, 1.54) is 0 Å². The van der Waals surface area contributed by atoms with Gasteiger partial charge in [-0.05, 0) is 38.4 Å². The van der Waals surface area contributed by atoms with Gasteiger partial charge in [-0.1, -0.05) is 49.1 Å². The Kier molecular flexibility index (Phi) is 4.32. The fraction of sp³-hybridized carbons (Fsp3) is 0.0833. The molecule has 0 aromatic heterocycles. The van der Waals surface area contributed by atoms with E-state index in [1.807, 2.05) is 54.9 Å². The molecule has 28 heavy (non-hydrogen) atoms. The minimum atomic E-state index is 0.00364. The highest BCUT2D eigenvalue weighted by molar-refractivity contribution is 6.18. The van der Waals surface area contributed by atoms with E-state index in [2.05, 4.69) is 28.7 Å². The topological polar surface area (TPSA) is 72.3 Å². The molecule has 3 aromatic rings. The zero-order valence-corrected chi connectivity index (χ0v) is 15.3. The van der Waals surface area contributed by atoms with E-state index in [1.54, 1.807) is 13.1 Å². The molecule has 0 saturated heterocycles. The maximum Gasteiger partial charge on any atom is 0.138 e. The largest absolute Gasteiger partial charge is 0.296 e. The number of fused-ring (bicyclic) bond motifs is 2. The monoisotopic (exact) mass is 360 g/mol. The maximum absolute atomic E-state index is 9.59. The van der Waals surface area contributed by atoms with Crippen molar-refractivity contribution < 1.29 is 0 Å². The second-order valence-electron chi connectivity index (χ2n) is 6.49. The lowest BCUT2D eigenvalue weighted by atomic mass is 9.91. The number of hydrogen-bond donors (Lipinski definition) is 0. The fourth-order valence-corrected chi connectivity index (χ4v) is 3.67. The van der Waals surface area contributed by atoms with Crippen LogP contribution in [0.1, 0.15) is 5.56 Å². The van der Waals surface area contributed by atoms with Gasteiger partial charge in [0.15, 0.2) is 0 Å². The first-order valence-corrected chi connectivity index (χ1v) is 8.84. The van der Waals surface area contributed by atoms with Crippen LogP contribution in [0.5, 0.6) is 0 Å². The minimum Gasteiger partial charge on any atom is -0.296 e. The molecule has 0 radical (unpaired) electrons. The summed E-state index contributed by atoms with van der Waals surface area (Å²) in [5, 5.41) is 24.5. The predicted octanol–water partition coefficient (Wildman–Crippen LogP) is 3.14. The first-order valence-electron chi connectivity index (χ1n) is 8.84. The summed E-state index contributed by atoms with van der Waals surface area (Å²) in [5.41, 5.74) is 2.08.